The minimum Gasteiger partial charge on any atom is -0.314 e. The molecule has 0 atom stereocenters. The van der Waals surface area contributed by atoms with E-state index in [-0.39, 0.29) is 0 Å². The van der Waals surface area contributed by atoms with Crippen LogP contribution in [0.15, 0.2) is 0 Å². The maximum Gasteiger partial charge on any atom is 0.0232 e. The van der Waals surface area contributed by atoms with Crippen molar-refractivity contribution in [2.75, 3.05) is 13.6 Å². The van der Waals surface area contributed by atoms with E-state index in [0.717, 1.165) is 13.0 Å². The zero-order valence-electron chi connectivity index (χ0n) is 6.31. The van der Waals surface area contributed by atoms with Crippen LogP contribution < -0.4 is 0 Å². The van der Waals surface area contributed by atoms with Gasteiger partial charge >= 0.3 is 0 Å². The minimum absolute atomic E-state index is 0.764. The van der Waals surface area contributed by atoms with Gasteiger partial charge in [-0.25, -0.2) is 0 Å². The van der Waals surface area contributed by atoms with Gasteiger partial charge in [-0.15, -0.1) is 0 Å². The van der Waals surface area contributed by atoms with Crippen LogP contribution in [0.1, 0.15) is 27.2 Å². The summed E-state index contributed by atoms with van der Waals surface area (Å²) < 4.78 is 0. The lowest BCUT2D eigenvalue weighted by Gasteiger charge is -2.01. The molecule has 1 N–H and O–H groups in total. The third kappa shape index (κ3) is 16.8. The van der Waals surface area contributed by atoms with Crippen molar-refractivity contribution >= 4 is 0 Å². The molecule has 0 aliphatic rings. The first-order chi connectivity index (χ1) is 3.77. The van der Waals surface area contributed by atoms with Crippen molar-refractivity contribution in [3.05, 3.63) is 0 Å². The molecule has 2 heteroatoms. The zero-order chi connectivity index (χ0) is 6.99. The molecular weight excluding hydrogens is 102 g/mol. The predicted molar refractivity (Wildman–Crippen MR) is 36.1 cm³/mol. The van der Waals surface area contributed by atoms with E-state index in [4.69, 9.17) is 5.21 Å². The van der Waals surface area contributed by atoms with Crippen molar-refractivity contribution in [1.29, 1.82) is 0 Å². The minimum atomic E-state index is 0.764. The number of nitrogens with zero attached hydrogens (tertiary/aromatic N) is 1. The zero-order valence-corrected chi connectivity index (χ0v) is 6.31. The lowest BCUT2D eigenvalue weighted by atomic mass is 10.5. The van der Waals surface area contributed by atoms with Gasteiger partial charge in [0.1, 0.15) is 0 Å². The van der Waals surface area contributed by atoms with Gasteiger partial charge in [-0.1, -0.05) is 20.8 Å². The first-order valence-electron chi connectivity index (χ1n) is 3.17. The third-order valence-electron chi connectivity index (χ3n) is 0.547. The molecule has 0 amide bonds. The van der Waals surface area contributed by atoms with Gasteiger partial charge in [0.15, 0.2) is 0 Å². The largest absolute Gasteiger partial charge is 0.314 e. The molecule has 0 aliphatic carbocycles. The normalized spacial score (nSPS) is 8.25. The Bertz CT molecular complexity index is 29.7. The number of hydrogen-bond acceptors (Lipinski definition) is 2. The van der Waals surface area contributed by atoms with E-state index in [1.165, 1.54) is 5.06 Å². The maximum atomic E-state index is 8.39. The second-order valence-corrected chi connectivity index (χ2v) is 1.38. The summed E-state index contributed by atoms with van der Waals surface area (Å²) in [7, 11) is 1.64. The molecule has 2 nitrogen and oxygen atoms in total. The second kappa shape index (κ2) is 10.0. The molecular formula is C6H17NO. The molecule has 0 unspecified atom stereocenters. The maximum absolute atomic E-state index is 8.39. The van der Waals surface area contributed by atoms with Crippen LogP contribution in [0.25, 0.3) is 0 Å². The molecule has 0 aromatic carbocycles. The SMILES string of the molecule is CC.CCCN(C)O. The van der Waals surface area contributed by atoms with Crippen molar-refractivity contribution in [2.24, 2.45) is 0 Å². The summed E-state index contributed by atoms with van der Waals surface area (Å²) in [6.07, 6.45) is 1.01. The van der Waals surface area contributed by atoms with Gasteiger partial charge in [0.2, 0.25) is 0 Å². The van der Waals surface area contributed by atoms with Crippen molar-refractivity contribution < 1.29 is 5.21 Å². The summed E-state index contributed by atoms with van der Waals surface area (Å²) in [5.41, 5.74) is 0. The van der Waals surface area contributed by atoms with Crippen molar-refractivity contribution in [3.63, 3.8) is 0 Å². The second-order valence-electron chi connectivity index (χ2n) is 1.38. The van der Waals surface area contributed by atoms with Crippen LogP contribution in [0.2, 0.25) is 0 Å². The fourth-order valence-electron chi connectivity index (χ4n) is 0.324. The van der Waals surface area contributed by atoms with Crippen LogP contribution in [0, 0.1) is 0 Å². The van der Waals surface area contributed by atoms with Gasteiger partial charge in [0.25, 0.3) is 0 Å². The summed E-state index contributed by atoms with van der Waals surface area (Å²) in [5.74, 6) is 0. The summed E-state index contributed by atoms with van der Waals surface area (Å²) >= 11 is 0. The molecule has 8 heavy (non-hydrogen) atoms. The Morgan fingerprint density at radius 3 is 1.75 bits per heavy atom. The fourth-order valence-corrected chi connectivity index (χ4v) is 0.324. The average Bonchev–Trinajstić information content (AvgIpc) is 1.72. The molecule has 0 radical (unpaired) electrons. The highest BCUT2D eigenvalue weighted by atomic mass is 16.5. The molecule has 0 rings (SSSR count). The van der Waals surface area contributed by atoms with Gasteiger partial charge in [-0.3, -0.25) is 0 Å². The molecule has 0 aromatic heterocycles. The van der Waals surface area contributed by atoms with Crippen molar-refractivity contribution in [1.82, 2.24) is 5.06 Å². The van der Waals surface area contributed by atoms with E-state index < -0.39 is 0 Å². The number of hydroxylamine groups is 2. The lowest BCUT2D eigenvalue weighted by Crippen LogP contribution is -2.12. The first-order valence-corrected chi connectivity index (χ1v) is 3.17. The molecule has 0 saturated carbocycles. The first kappa shape index (κ1) is 10.8. The van der Waals surface area contributed by atoms with Gasteiger partial charge in [0.05, 0.1) is 0 Å². The molecule has 0 saturated heterocycles. The van der Waals surface area contributed by atoms with E-state index in [2.05, 4.69) is 0 Å². The summed E-state index contributed by atoms with van der Waals surface area (Å²) in [6.45, 7) is 6.78. The molecule has 0 bridgehead atoms. The van der Waals surface area contributed by atoms with Gasteiger partial charge < -0.3 is 5.21 Å². The lowest BCUT2D eigenvalue weighted by molar-refractivity contribution is -0.0642. The van der Waals surface area contributed by atoms with Gasteiger partial charge in [0, 0.05) is 13.6 Å². The Balaban J connectivity index is 0. The van der Waals surface area contributed by atoms with Crippen LogP contribution >= 0.6 is 0 Å². The molecule has 52 valence electrons. The summed E-state index contributed by atoms with van der Waals surface area (Å²) in [5, 5.41) is 9.57. The Morgan fingerprint density at radius 2 is 1.75 bits per heavy atom. The highest BCUT2D eigenvalue weighted by molar-refractivity contribution is 4.27. The van der Waals surface area contributed by atoms with Crippen LogP contribution in [0.4, 0.5) is 0 Å². The molecule has 0 fully saturated rings. The molecule has 0 spiro atoms. The van der Waals surface area contributed by atoms with Crippen LogP contribution in [-0.2, 0) is 0 Å². The Labute approximate surface area is 52.1 Å². The monoisotopic (exact) mass is 119 g/mol. The van der Waals surface area contributed by atoms with Crippen molar-refractivity contribution in [3.8, 4) is 0 Å². The Morgan fingerprint density at radius 1 is 1.38 bits per heavy atom. The average molecular weight is 119 g/mol. The van der Waals surface area contributed by atoms with E-state index in [1.54, 1.807) is 7.05 Å². The summed E-state index contributed by atoms with van der Waals surface area (Å²) in [4.78, 5) is 0. The summed E-state index contributed by atoms with van der Waals surface area (Å²) in [6, 6.07) is 0. The van der Waals surface area contributed by atoms with Gasteiger partial charge in [-0.05, 0) is 6.42 Å². The van der Waals surface area contributed by atoms with Crippen LogP contribution in [0.3, 0.4) is 0 Å². The molecule has 0 aliphatic heterocycles. The topological polar surface area (TPSA) is 23.5 Å². The van der Waals surface area contributed by atoms with E-state index >= 15 is 0 Å². The van der Waals surface area contributed by atoms with E-state index in [0.29, 0.717) is 0 Å². The quantitative estimate of drug-likeness (QED) is 0.560. The highest BCUT2D eigenvalue weighted by Gasteiger charge is 1.81. The number of hydrogen-bond donors (Lipinski definition) is 1. The standard InChI is InChI=1S/C4H11NO.C2H6/c1-3-4-5(2)6;1-2/h6H,3-4H2,1-2H3;1-2H3. The Kier molecular flexibility index (Phi) is 13.6. The van der Waals surface area contributed by atoms with Crippen LogP contribution in [-0.4, -0.2) is 23.9 Å². The molecule has 0 heterocycles. The predicted octanol–water partition coefficient (Wildman–Crippen LogP) is 1.74. The van der Waals surface area contributed by atoms with Crippen LogP contribution in [0.5, 0.6) is 0 Å². The van der Waals surface area contributed by atoms with Gasteiger partial charge in [-0.2, -0.15) is 5.06 Å². The highest BCUT2D eigenvalue weighted by Crippen LogP contribution is 1.75. The third-order valence-corrected chi connectivity index (χ3v) is 0.547. The fraction of sp³-hybridized carbons (Fsp3) is 1.00. The van der Waals surface area contributed by atoms with E-state index in [9.17, 15) is 0 Å². The smallest absolute Gasteiger partial charge is 0.0232 e. The van der Waals surface area contributed by atoms with E-state index in [1.807, 2.05) is 20.8 Å². The number of rotatable bonds is 2. The Hall–Kier alpha value is -0.0800. The van der Waals surface area contributed by atoms with Crippen molar-refractivity contribution in [2.45, 2.75) is 27.2 Å². The molecule has 0 aromatic rings.